The topological polar surface area (TPSA) is 605 Å². The fourth-order valence-electron chi connectivity index (χ4n) is 13.3. The highest BCUT2D eigenvalue weighted by molar-refractivity contribution is 7.90. The number of H-pyrrole nitrogens is 1. The van der Waals surface area contributed by atoms with E-state index in [1.807, 2.05) is 6.07 Å². The van der Waals surface area contributed by atoms with Gasteiger partial charge in [-0.15, -0.1) is 0 Å². The van der Waals surface area contributed by atoms with E-state index >= 15 is 4.79 Å². The number of aliphatic hydroxyl groups is 1. The Labute approximate surface area is 686 Å². The van der Waals surface area contributed by atoms with Crippen molar-refractivity contribution in [3.63, 3.8) is 0 Å². The monoisotopic (exact) mass is 1660 g/mol. The molecular weight excluding hydrogens is 1530 g/mol. The zero-order chi connectivity index (χ0) is 86.2. The number of sulfone groups is 1. The van der Waals surface area contributed by atoms with Crippen molar-refractivity contribution >= 4 is 109 Å². The second-order valence-corrected chi connectivity index (χ2v) is 32.4. The number of aromatic nitrogens is 1. The normalized spacial score (nSPS) is 18.9. The van der Waals surface area contributed by atoms with E-state index in [-0.39, 0.29) is 121 Å². The van der Waals surface area contributed by atoms with Crippen molar-refractivity contribution in [2.24, 2.45) is 44.4 Å². The molecule has 3 aromatic rings. The first-order chi connectivity index (χ1) is 55.8. The van der Waals surface area contributed by atoms with E-state index in [0.717, 1.165) is 38.4 Å². The Balaban J connectivity index is 1.69. The lowest BCUT2D eigenvalue weighted by molar-refractivity contribution is -0.137. The van der Waals surface area contributed by atoms with Gasteiger partial charge in [0.1, 0.15) is 70.3 Å². The Bertz CT molecular complexity index is 3850. The SMILES string of the molecule is CCCCCCCCCCCCCCCC(=O)N[C@@H](CCC(N)=O)C(=O)N[C@@H](CCCCN=C(N)N)C(=O)N[C@H](C(=O)N[C@@H](CCCC)C(=O)N[C@H]1CCC(=O)NCCCC[C@@H](C(N)=O)NC(=O)[C@H](Cc2c[nH]c3ccccc23)NC(=O)[C@H](CCCN=C(N)N)NC(=O)[C@@H](Cc2ccccc2)NC(=O)[C@H](CCS(C)(=O)=O)NC1=O)[C@@H](C)O. The number of hydrogen-bond donors (Lipinski definition) is 19. The molecule has 4 rings (SSSR count). The summed E-state index contributed by atoms with van der Waals surface area (Å²) in [6.07, 6.45) is 13.7. The molecule has 25 N–H and O–H groups in total. The van der Waals surface area contributed by atoms with E-state index in [9.17, 15) is 71.1 Å². The molecule has 37 heteroatoms. The van der Waals surface area contributed by atoms with E-state index in [2.05, 4.69) is 80.4 Å². The number of carbonyl (C=O) groups is 13. The molecule has 13 amide bonds. The number of unbranched alkanes of at least 4 members (excludes halogenated alkanes) is 14. The Kier molecular flexibility index (Phi) is 46.0. The number of nitrogens with one attached hydrogen (secondary N) is 12. The third-order valence-corrected chi connectivity index (χ3v) is 21.0. The maximum atomic E-state index is 15.0. The molecule has 117 heavy (non-hydrogen) atoms. The van der Waals surface area contributed by atoms with Crippen LogP contribution in [0.15, 0.2) is 70.8 Å². The van der Waals surface area contributed by atoms with Gasteiger partial charge in [0.25, 0.3) is 0 Å². The molecule has 1 fully saturated rings. The molecule has 0 bridgehead atoms. The lowest BCUT2D eigenvalue weighted by Gasteiger charge is -2.29. The number of primary amides is 2. The number of amides is 13. The summed E-state index contributed by atoms with van der Waals surface area (Å²) in [7, 11) is -3.94. The number of nitrogens with zero attached hydrogens (tertiary/aromatic N) is 2. The highest BCUT2D eigenvalue weighted by atomic mass is 32.2. The second kappa shape index (κ2) is 54.5. The highest BCUT2D eigenvalue weighted by Crippen LogP contribution is 2.21. The van der Waals surface area contributed by atoms with Gasteiger partial charge < -0.3 is 103 Å². The largest absolute Gasteiger partial charge is 0.391 e. The lowest BCUT2D eigenvalue weighted by Crippen LogP contribution is -2.62. The fourth-order valence-corrected chi connectivity index (χ4v) is 14.0. The van der Waals surface area contributed by atoms with Gasteiger partial charge in [0.05, 0.1) is 11.9 Å². The molecule has 1 aromatic heterocycles. The van der Waals surface area contributed by atoms with Crippen LogP contribution in [0.2, 0.25) is 0 Å². The van der Waals surface area contributed by atoms with Crippen LogP contribution in [0.25, 0.3) is 10.9 Å². The second-order valence-electron chi connectivity index (χ2n) is 30.2. The Morgan fingerprint density at radius 3 is 1.66 bits per heavy atom. The Morgan fingerprint density at radius 2 is 1.05 bits per heavy atom. The third-order valence-electron chi connectivity index (χ3n) is 20.0. The number of fused-ring (bicyclic) bond motifs is 1. The smallest absolute Gasteiger partial charge is 0.245 e. The zero-order valence-corrected chi connectivity index (χ0v) is 69.2. The summed E-state index contributed by atoms with van der Waals surface area (Å²) in [5, 5.41) is 40.9. The summed E-state index contributed by atoms with van der Waals surface area (Å²) in [4.78, 5) is 196. The van der Waals surface area contributed by atoms with Crippen molar-refractivity contribution in [2.75, 3.05) is 31.6 Å². The van der Waals surface area contributed by atoms with Crippen molar-refractivity contribution in [3.05, 3.63) is 71.9 Å². The summed E-state index contributed by atoms with van der Waals surface area (Å²) in [6.45, 7) is 5.22. The van der Waals surface area contributed by atoms with Crippen LogP contribution in [0.4, 0.5) is 0 Å². The fraction of sp³-hybridized carbons (Fsp3) is 0.637. The van der Waals surface area contributed by atoms with Crippen LogP contribution in [0.1, 0.15) is 225 Å². The maximum absolute atomic E-state index is 15.0. The summed E-state index contributed by atoms with van der Waals surface area (Å²) >= 11 is 0. The van der Waals surface area contributed by atoms with Crippen molar-refractivity contribution in [1.82, 2.24) is 63.5 Å². The summed E-state index contributed by atoms with van der Waals surface area (Å²) in [5.41, 5.74) is 35.5. The van der Waals surface area contributed by atoms with E-state index in [1.54, 1.807) is 61.7 Å². The van der Waals surface area contributed by atoms with Crippen molar-refractivity contribution in [3.8, 4) is 0 Å². The van der Waals surface area contributed by atoms with Gasteiger partial charge in [-0.2, -0.15) is 0 Å². The molecule has 11 atom stereocenters. The van der Waals surface area contributed by atoms with Crippen LogP contribution in [-0.4, -0.2) is 205 Å². The first-order valence-corrected chi connectivity index (χ1v) is 43.3. The van der Waals surface area contributed by atoms with Crippen LogP contribution in [-0.2, 0) is 85.0 Å². The molecule has 36 nitrogen and oxygen atoms in total. The molecule has 1 aliphatic rings. The molecule has 0 radical (unpaired) electrons. The molecule has 0 saturated carbocycles. The number of nitrogens with two attached hydrogens (primary N) is 6. The van der Waals surface area contributed by atoms with E-state index in [4.69, 9.17) is 34.4 Å². The average molecular weight is 1660 g/mol. The number of aliphatic imine (C=N–C) groups is 2. The molecule has 652 valence electrons. The predicted molar refractivity (Wildman–Crippen MR) is 445 cm³/mol. The zero-order valence-electron chi connectivity index (χ0n) is 68.4. The number of guanidine groups is 2. The standard InChI is InChI=1S/C80H130N20O16S/c1-5-7-9-10-11-12-13-14-15-16-17-18-22-38-67(104)91-60(39-41-65(81)102)72(108)93-58(36-26-28-45-88-79(83)84)75(111)100-68(51(3)101)78(114)97-57(33-8-6-2)70(106)95-61-40-42-66(103)87-44-27-25-35-56(69(82)105)92-77(113)64(49-53-50-90-55-34-24-23-32-54(53)55)99-71(107)59(37-29-46-89-80(85)86)94-76(112)63(48-52-30-20-19-21-31-52)98-74(110)62(96-73(61)109)43-47-117(4,115)116/h19-21,23-24,30-32,34,50-51,56-64,68,90,101H,5-18,22,25-29,33,35-49H2,1-4H3,(H2,81,102)(H2,82,105)(H,87,103)(H,91,104)(H,92,113)(H,93,108)(H,94,112)(H,95,106)(H,96,109)(H,97,114)(H,98,110)(H,99,107)(H,100,111)(H4,83,84,88)(H4,85,86,89)/t51-,56+,57+,58+,59+,60+,61+,62+,63-,64+,68+/m1/s1. The van der Waals surface area contributed by atoms with E-state index in [0.29, 0.717) is 41.3 Å². The van der Waals surface area contributed by atoms with Gasteiger partial charge in [-0.25, -0.2) is 8.42 Å². The first kappa shape index (κ1) is 98.9. The van der Waals surface area contributed by atoms with Gasteiger partial charge in [0.2, 0.25) is 76.8 Å². The number of aromatic amines is 1. The van der Waals surface area contributed by atoms with E-state index in [1.165, 1.54) is 51.9 Å². The summed E-state index contributed by atoms with van der Waals surface area (Å²) < 4.78 is 25.9. The van der Waals surface area contributed by atoms with Gasteiger partial charge in [-0.3, -0.25) is 72.3 Å². The molecule has 0 aliphatic carbocycles. The highest BCUT2D eigenvalue weighted by Gasteiger charge is 2.38. The van der Waals surface area contributed by atoms with Gasteiger partial charge in [0.15, 0.2) is 11.9 Å². The Hall–Kier alpha value is -10.5. The third kappa shape index (κ3) is 40.3. The quantitative estimate of drug-likeness (QED) is 0.0209. The number of aliphatic hydroxyl groups excluding tert-OH is 1. The van der Waals surface area contributed by atoms with Gasteiger partial charge in [0, 0.05) is 75.1 Å². The van der Waals surface area contributed by atoms with Gasteiger partial charge in [-0.1, -0.05) is 152 Å². The van der Waals surface area contributed by atoms with Crippen LogP contribution in [0.5, 0.6) is 0 Å². The predicted octanol–water partition coefficient (Wildman–Crippen LogP) is 0.616. The molecule has 1 saturated heterocycles. The molecule has 2 heterocycles. The van der Waals surface area contributed by atoms with Crippen LogP contribution in [0, 0.1) is 0 Å². The minimum Gasteiger partial charge on any atom is -0.391 e. The van der Waals surface area contributed by atoms with E-state index < -0.39 is 178 Å². The number of rotatable bonds is 47. The molecular formula is C80H130N20O16S. The van der Waals surface area contributed by atoms with Crippen molar-refractivity contribution < 1.29 is 75.9 Å². The maximum Gasteiger partial charge on any atom is 0.245 e. The number of benzene rings is 2. The molecule has 0 unspecified atom stereocenters. The minimum absolute atomic E-state index is 0.0250. The summed E-state index contributed by atoms with van der Waals surface area (Å²) in [6, 6.07) is -0.175. The molecule has 2 aromatic carbocycles. The van der Waals surface area contributed by atoms with Crippen molar-refractivity contribution in [2.45, 2.75) is 293 Å². The number of carbonyl (C=O) groups excluding carboxylic acids is 13. The minimum atomic E-state index is -3.94. The number of hydrogen-bond acceptors (Lipinski definition) is 18. The van der Waals surface area contributed by atoms with Gasteiger partial charge in [-0.05, 0) is 108 Å². The van der Waals surface area contributed by atoms with Crippen LogP contribution >= 0.6 is 0 Å². The van der Waals surface area contributed by atoms with Gasteiger partial charge >= 0.3 is 0 Å². The van der Waals surface area contributed by atoms with Crippen molar-refractivity contribution in [1.29, 1.82) is 0 Å². The first-order valence-electron chi connectivity index (χ1n) is 41.2. The average Bonchev–Trinajstić information content (AvgIpc) is 1.71. The number of para-hydroxylation sites is 1. The molecule has 1 aliphatic heterocycles. The lowest BCUT2D eigenvalue weighted by atomic mass is 10.0. The Morgan fingerprint density at radius 1 is 0.530 bits per heavy atom. The summed E-state index contributed by atoms with van der Waals surface area (Å²) in [5.74, 6) is -13.0. The van der Waals surface area contributed by atoms with Crippen LogP contribution in [0.3, 0.4) is 0 Å². The molecule has 0 spiro atoms. The van der Waals surface area contributed by atoms with Crippen LogP contribution < -0.4 is 92.9 Å².